The smallest absolute Gasteiger partial charge is 0.289 e. The molecule has 0 N–H and O–H groups in total. The van der Waals surface area contributed by atoms with Gasteiger partial charge in [0.2, 0.25) is 0 Å². The summed E-state index contributed by atoms with van der Waals surface area (Å²) in [5.41, 5.74) is -0.340. The molecule has 2 heterocycles. The Bertz CT molecular complexity index is 1180. The molecule has 0 saturated carbocycles. The largest absolute Gasteiger partial charge is 0.451 e. The lowest BCUT2D eigenvalue weighted by Gasteiger charge is -2.36. The van der Waals surface area contributed by atoms with Crippen LogP contribution in [0.2, 0.25) is 15.1 Å². The molecule has 0 atom stereocenters. The Balaban J connectivity index is 1.50. The molecule has 1 saturated heterocycles. The Hall–Kier alpha value is -2.42. The molecule has 11 heteroatoms. The predicted octanol–water partition coefficient (Wildman–Crippen LogP) is 6.43. The highest BCUT2D eigenvalue weighted by atomic mass is 35.5. The zero-order chi connectivity index (χ0) is 23.2. The van der Waals surface area contributed by atoms with Crippen molar-refractivity contribution in [2.24, 2.45) is 0 Å². The van der Waals surface area contributed by atoms with E-state index in [2.05, 4.69) is 0 Å². The lowest BCUT2D eigenvalue weighted by molar-refractivity contribution is 0.0715. The minimum Gasteiger partial charge on any atom is -0.451 e. The maximum Gasteiger partial charge on any atom is 0.289 e. The van der Waals surface area contributed by atoms with Crippen LogP contribution in [-0.4, -0.2) is 37.0 Å². The Morgan fingerprint density at radius 1 is 0.844 bits per heavy atom. The Labute approximate surface area is 194 Å². The number of halogens is 7. The highest BCUT2D eigenvalue weighted by Crippen LogP contribution is 2.35. The van der Waals surface area contributed by atoms with Gasteiger partial charge in [0.15, 0.2) is 29.0 Å². The van der Waals surface area contributed by atoms with E-state index in [0.717, 1.165) is 4.90 Å². The first-order valence-corrected chi connectivity index (χ1v) is 10.4. The zero-order valence-electron chi connectivity index (χ0n) is 16.1. The minimum atomic E-state index is -1.66. The van der Waals surface area contributed by atoms with Crippen molar-refractivity contribution in [1.82, 2.24) is 4.90 Å². The number of hydrogen-bond donors (Lipinski definition) is 0. The lowest BCUT2D eigenvalue weighted by atomic mass is 10.2. The summed E-state index contributed by atoms with van der Waals surface area (Å²) in [4.78, 5) is 15.3. The fourth-order valence-electron chi connectivity index (χ4n) is 3.44. The maximum atomic E-state index is 14.2. The molecule has 0 spiro atoms. The van der Waals surface area contributed by atoms with Crippen LogP contribution >= 0.6 is 34.8 Å². The van der Waals surface area contributed by atoms with Crippen molar-refractivity contribution in [1.29, 1.82) is 0 Å². The molecule has 1 aromatic heterocycles. The van der Waals surface area contributed by atoms with Gasteiger partial charge in [-0.05, 0) is 30.3 Å². The molecule has 1 amide bonds. The summed E-state index contributed by atoms with van der Waals surface area (Å²) < 4.78 is 61.6. The van der Waals surface area contributed by atoms with Crippen LogP contribution in [0.15, 0.2) is 34.7 Å². The van der Waals surface area contributed by atoms with Crippen LogP contribution in [-0.2, 0) is 0 Å². The molecule has 1 fully saturated rings. The molecule has 4 rings (SSSR count). The van der Waals surface area contributed by atoms with Crippen LogP contribution in [0.4, 0.5) is 23.2 Å². The van der Waals surface area contributed by atoms with Crippen molar-refractivity contribution in [3.63, 3.8) is 0 Å². The fraction of sp³-hybridized carbons (Fsp3) is 0.190. The molecule has 0 radical (unpaired) electrons. The molecular weight excluding hydrogens is 495 g/mol. The minimum absolute atomic E-state index is 0.0328. The number of carbonyl (C=O) groups is 1. The molecule has 0 unspecified atom stereocenters. The van der Waals surface area contributed by atoms with Crippen molar-refractivity contribution >= 4 is 46.4 Å². The normalized spacial score (nSPS) is 14.2. The van der Waals surface area contributed by atoms with Gasteiger partial charge in [0.05, 0.1) is 5.02 Å². The van der Waals surface area contributed by atoms with E-state index in [9.17, 15) is 22.4 Å². The zero-order valence-corrected chi connectivity index (χ0v) is 18.3. The fourth-order valence-corrected chi connectivity index (χ4v) is 3.99. The molecule has 32 heavy (non-hydrogen) atoms. The van der Waals surface area contributed by atoms with E-state index in [1.165, 1.54) is 11.0 Å². The second-order valence-electron chi connectivity index (χ2n) is 6.99. The number of benzene rings is 2. The number of anilines is 1. The van der Waals surface area contributed by atoms with E-state index in [1.807, 2.05) is 0 Å². The molecule has 4 nitrogen and oxygen atoms in total. The second-order valence-corrected chi connectivity index (χ2v) is 8.21. The van der Waals surface area contributed by atoms with Gasteiger partial charge in [-0.15, -0.1) is 0 Å². The van der Waals surface area contributed by atoms with E-state index < -0.39 is 39.9 Å². The summed E-state index contributed by atoms with van der Waals surface area (Å²) in [5.74, 6) is -6.57. The van der Waals surface area contributed by atoms with E-state index >= 15 is 0 Å². The third-order valence-electron chi connectivity index (χ3n) is 5.08. The molecule has 2 aromatic carbocycles. The Morgan fingerprint density at radius 2 is 1.47 bits per heavy atom. The summed E-state index contributed by atoms with van der Waals surface area (Å²) in [5, 5.41) is -0.409. The van der Waals surface area contributed by atoms with Crippen LogP contribution in [0.3, 0.4) is 0 Å². The summed E-state index contributed by atoms with van der Waals surface area (Å²) in [6, 6.07) is 7.87. The number of piperazine rings is 1. The first-order valence-electron chi connectivity index (χ1n) is 9.30. The Kier molecular flexibility index (Phi) is 6.29. The van der Waals surface area contributed by atoms with E-state index in [4.69, 9.17) is 39.2 Å². The maximum absolute atomic E-state index is 14.2. The summed E-state index contributed by atoms with van der Waals surface area (Å²) in [6.07, 6.45) is 0. The molecule has 3 aromatic rings. The van der Waals surface area contributed by atoms with Crippen molar-refractivity contribution in [3.05, 3.63) is 74.4 Å². The molecule has 0 aliphatic carbocycles. The highest BCUT2D eigenvalue weighted by Gasteiger charge is 2.31. The first kappa shape index (κ1) is 22.8. The summed E-state index contributed by atoms with van der Waals surface area (Å²) in [6.45, 7) is -0.0450. The Morgan fingerprint density at radius 3 is 2.09 bits per heavy atom. The van der Waals surface area contributed by atoms with Gasteiger partial charge in [-0.25, -0.2) is 17.6 Å². The van der Waals surface area contributed by atoms with Gasteiger partial charge in [0, 0.05) is 36.8 Å². The quantitative estimate of drug-likeness (QED) is 0.233. The monoisotopic (exact) mass is 506 g/mol. The van der Waals surface area contributed by atoms with Crippen molar-refractivity contribution in [3.8, 4) is 11.3 Å². The van der Waals surface area contributed by atoms with Gasteiger partial charge in [-0.1, -0.05) is 34.8 Å². The van der Waals surface area contributed by atoms with Crippen LogP contribution in [0.5, 0.6) is 0 Å². The summed E-state index contributed by atoms with van der Waals surface area (Å²) in [7, 11) is 0. The van der Waals surface area contributed by atoms with Crippen molar-refractivity contribution in [2.75, 3.05) is 31.1 Å². The number of hydrogen-bond acceptors (Lipinski definition) is 3. The average molecular weight is 508 g/mol. The predicted molar refractivity (Wildman–Crippen MR) is 114 cm³/mol. The molecule has 0 bridgehead atoms. The van der Waals surface area contributed by atoms with Crippen molar-refractivity contribution in [2.45, 2.75) is 0 Å². The molecule has 1 aliphatic heterocycles. The van der Waals surface area contributed by atoms with E-state index in [-0.39, 0.29) is 31.9 Å². The topological polar surface area (TPSA) is 36.7 Å². The van der Waals surface area contributed by atoms with Crippen LogP contribution in [0.25, 0.3) is 11.3 Å². The number of rotatable bonds is 3. The third-order valence-corrected chi connectivity index (χ3v) is 5.98. The number of nitrogens with zero attached hydrogens (tertiary/aromatic N) is 2. The van der Waals surface area contributed by atoms with Gasteiger partial charge < -0.3 is 14.2 Å². The summed E-state index contributed by atoms with van der Waals surface area (Å²) >= 11 is 17.4. The van der Waals surface area contributed by atoms with E-state index in [1.54, 1.807) is 24.3 Å². The SMILES string of the molecule is O=C(c1ccc(-c2cc(Cl)ccc2Cl)o1)N1CCN(c2c(F)c(F)c(Cl)c(F)c2F)CC1. The van der Waals surface area contributed by atoms with Gasteiger partial charge in [-0.3, -0.25) is 4.79 Å². The second kappa shape index (κ2) is 8.84. The highest BCUT2D eigenvalue weighted by molar-refractivity contribution is 6.35. The number of furan rings is 1. The first-order chi connectivity index (χ1) is 15.2. The molecular formula is C21H13Cl3F4N2O2. The van der Waals surface area contributed by atoms with Gasteiger partial charge in [0.1, 0.15) is 16.5 Å². The lowest BCUT2D eigenvalue weighted by Crippen LogP contribution is -2.49. The van der Waals surface area contributed by atoms with Gasteiger partial charge in [-0.2, -0.15) is 0 Å². The van der Waals surface area contributed by atoms with Gasteiger partial charge >= 0.3 is 0 Å². The standard InChI is InChI=1S/C21H13Cl3F4N2O2/c22-10-1-2-12(23)11(9-10)13-3-4-14(32-13)21(31)30-7-5-29(6-8-30)20-18(27)16(25)15(24)17(26)19(20)28/h1-4,9H,5-8H2. The number of amides is 1. The van der Waals surface area contributed by atoms with E-state index in [0.29, 0.717) is 21.4 Å². The van der Waals surface area contributed by atoms with Gasteiger partial charge in [0.25, 0.3) is 5.91 Å². The van der Waals surface area contributed by atoms with Crippen LogP contribution < -0.4 is 4.90 Å². The number of carbonyl (C=O) groups excluding carboxylic acids is 1. The van der Waals surface area contributed by atoms with Crippen molar-refractivity contribution < 1.29 is 26.8 Å². The van der Waals surface area contributed by atoms with Crippen LogP contribution in [0.1, 0.15) is 10.6 Å². The third kappa shape index (κ3) is 4.02. The average Bonchev–Trinajstić information content (AvgIpc) is 3.28. The molecule has 1 aliphatic rings. The van der Waals surface area contributed by atoms with Crippen LogP contribution in [0, 0.1) is 23.3 Å². The molecule has 168 valence electrons.